The number of nitrogens with zero attached hydrogens (tertiary/aromatic N) is 4. The van der Waals surface area contributed by atoms with Gasteiger partial charge in [0.2, 0.25) is 16.0 Å². The Balaban J connectivity index is 1.37. The normalized spacial score (nSPS) is 14.3. The number of hydrogen-bond acceptors (Lipinski definition) is 8. The lowest BCUT2D eigenvalue weighted by atomic mass is 10.0. The topological polar surface area (TPSA) is 120 Å². The molecule has 2 N–H and O–H groups in total. The molecule has 1 fully saturated rings. The first-order valence-corrected chi connectivity index (χ1v) is 13.9. The van der Waals surface area contributed by atoms with E-state index in [-0.39, 0.29) is 17.9 Å². The van der Waals surface area contributed by atoms with Crippen LogP contribution >= 0.6 is 0 Å². The number of rotatable bonds is 9. The third-order valence-corrected chi connectivity index (χ3v) is 7.79. The molecule has 3 aromatic carbocycles. The Bertz CT molecular complexity index is 1560. The number of benzene rings is 3. The van der Waals surface area contributed by atoms with Crippen LogP contribution in [0.4, 0.5) is 11.6 Å². The van der Waals surface area contributed by atoms with Crippen molar-refractivity contribution < 1.29 is 13.2 Å². The average Bonchev–Trinajstić information content (AvgIpc) is 2.94. The molecule has 0 atom stereocenters. The van der Waals surface area contributed by atoms with Gasteiger partial charge in [-0.25, -0.2) is 23.1 Å². The third-order valence-electron chi connectivity index (χ3n) is 6.31. The van der Waals surface area contributed by atoms with Gasteiger partial charge in [-0.3, -0.25) is 4.90 Å². The number of sulfonamides is 1. The van der Waals surface area contributed by atoms with Crippen molar-refractivity contribution in [2.45, 2.75) is 17.9 Å². The van der Waals surface area contributed by atoms with Gasteiger partial charge in [-0.2, -0.15) is 5.26 Å². The van der Waals surface area contributed by atoms with Crippen LogP contribution in [0.25, 0.3) is 22.0 Å². The maximum Gasteiger partial charge on any atom is 0.240 e. The molecule has 0 amide bonds. The Labute approximate surface area is 222 Å². The van der Waals surface area contributed by atoms with Crippen molar-refractivity contribution in [2.75, 3.05) is 38.2 Å². The lowest BCUT2D eigenvalue weighted by Gasteiger charge is -2.26. The van der Waals surface area contributed by atoms with Crippen LogP contribution in [-0.2, 0) is 21.3 Å². The molecule has 0 bridgehead atoms. The van der Waals surface area contributed by atoms with Crippen LogP contribution in [0, 0.1) is 11.3 Å². The Kier molecular flexibility index (Phi) is 7.91. The fraction of sp³-hybridized carbons (Fsp3) is 0.250. The molecule has 0 radical (unpaired) electrons. The highest BCUT2D eigenvalue weighted by molar-refractivity contribution is 7.89. The van der Waals surface area contributed by atoms with Crippen LogP contribution in [0.1, 0.15) is 12.0 Å². The lowest BCUT2D eigenvalue weighted by Crippen LogP contribution is -2.35. The number of nitrogens with one attached hydrogen (secondary N) is 2. The summed E-state index contributed by atoms with van der Waals surface area (Å²) in [4.78, 5) is 11.8. The summed E-state index contributed by atoms with van der Waals surface area (Å²) in [5.74, 6) is 0.481. The molecule has 0 spiro atoms. The third kappa shape index (κ3) is 6.15. The van der Waals surface area contributed by atoms with Crippen LogP contribution < -0.4 is 10.0 Å². The van der Waals surface area contributed by atoms with E-state index in [1.54, 1.807) is 30.5 Å². The van der Waals surface area contributed by atoms with E-state index in [2.05, 4.69) is 32.1 Å². The molecule has 5 rings (SSSR count). The summed E-state index contributed by atoms with van der Waals surface area (Å²) in [6, 6.07) is 22.6. The SMILES string of the molecule is N#CCCNS(=O)(=O)c1ccc(-c2cccc3cnc(Nc4cccc(CN5CCOCC5)c4)nc23)cc1. The maximum absolute atomic E-state index is 12.5. The predicted octanol–water partition coefficient (Wildman–Crippen LogP) is 4.06. The first-order chi connectivity index (χ1) is 18.5. The second-order valence-corrected chi connectivity index (χ2v) is 10.7. The molecule has 38 heavy (non-hydrogen) atoms. The van der Waals surface area contributed by atoms with Crippen LogP contribution in [0.5, 0.6) is 0 Å². The van der Waals surface area contributed by atoms with Crippen LogP contribution in [0.2, 0.25) is 0 Å². The molecule has 4 aromatic rings. The van der Waals surface area contributed by atoms with Gasteiger partial charge in [0.05, 0.1) is 29.7 Å². The van der Waals surface area contributed by atoms with Crippen molar-refractivity contribution in [2.24, 2.45) is 0 Å². The number of hydrogen-bond donors (Lipinski definition) is 2. The van der Waals surface area contributed by atoms with Gasteiger partial charge in [0.15, 0.2) is 0 Å². The van der Waals surface area contributed by atoms with E-state index >= 15 is 0 Å². The lowest BCUT2D eigenvalue weighted by molar-refractivity contribution is 0.0342. The molecule has 1 saturated heterocycles. The smallest absolute Gasteiger partial charge is 0.240 e. The first kappa shape index (κ1) is 25.8. The van der Waals surface area contributed by atoms with Gasteiger partial charge in [-0.15, -0.1) is 0 Å². The molecule has 9 nitrogen and oxygen atoms in total. The molecule has 10 heteroatoms. The minimum absolute atomic E-state index is 0.0761. The summed E-state index contributed by atoms with van der Waals surface area (Å²) < 4.78 is 32.8. The molecule has 2 heterocycles. The molecule has 194 valence electrons. The fourth-order valence-corrected chi connectivity index (χ4v) is 5.41. The van der Waals surface area contributed by atoms with E-state index in [0.29, 0.717) is 5.95 Å². The zero-order chi connectivity index (χ0) is 26.4. The second kappa shape index (κ2) is 11.7. The van der Waals surface area contributed by atoms with Crippen molar-refractivity contribution in [1.82, 2.24) is 19.6 Å². The summed E-state index contributed by atoms with van der Waals surface area (Å²) in [5, 5.41) is 12.9. The van der Waals surface area contributed by atoms with Crippen molar-refractivity contribution >= 4 is 32.6 Å². The second-order valence-electron chi connectivity index (χ2n) is 8.98. The number of fused-ring (bicyclic) bond motifs is 1. The van der Waals surface area contributed by atoms with E-state index in [0.717, 1.165) is 60.6 Å². The molecule has 1 aromatic heterocycles. The van der Waals surface area contributed by atoms with Crippen molar-refractivity contribution in [1.29, 1.82) is 5.26 Å². The van der Waals surface area contributed by atoms with E-state index in [9.17, 15) is 8.42 Å². The summed E-state index contributed by atoms with van der Waals surface area (Å²) in [6.45, 7) is 4.33. The Morgan fingerprint density at radius 3 is 2.61 bits per heavy atom. The molecule has 1 aliphatic heterocycles. The number of aromatic nitrogens is 2. The fourth-order valence-electron chi connectivity index (χ4n) is 4.38. The van der Waals surface area contributed by atoms with Gasteiger partial charge in [0, 0.05) is 55.4 Å². The quantitative estimate of drug-likeness (QED) is 0.312. The summed E-state index contributed by atoms with van der Waals surface area (Å²) in [6.07, 6.45) is 1.89. The van der Waals surface area contributed by atoms with Crippen molar-refractivity contribution in [3.63, 3.8) is 0 Å². The first-order valence-electron chi connectivity index (χ1n) is 12.4. The number of morpholine rings is 1. The largest absolute Gasteiger partial charge is 0.379 e. The molecular formula is C28H28N6O3S. The van der Waals surface area contributed by atoms with E-state index in [1.165, 1.54) is 5.56 Å². The van der Waals surface area contributed by atoms with Gasteiger partial charge in [-0.05, 0) is 35.4 Å². The Hall–Kier alpha value is -3.88. The minimum Gasteiger partial charge on any atom is -0.379 e. The molecule has 1 aliphatic rings. The maximum atomic E-state index is 12.5. The van der Waals surface area contributed by atoms with Crippen molar-refractivity contribution in [3.05, 3.63) is 78.5 Å². The van der Waals surface area contributed by atoms with Crippen LogP contribution in [0.15, 0.2) is 77.8 Å². The Morgan fingerprint density at radius 1 is 1.03 bits per heavy atom. The van der Waals surface area contributed by atoms with Gasteiger partial charge < -0.3 is 10.1 Å². The summed E-state index contributed by atoms with van der Waals surface area (Å²) >= 11 is 0. The number of para-hydroxylation sites is 1. The van der Waals surface area contributed by atoms with Crippen molar-refractivity contribution in [3.8, 4) is 17.2 Å². The van der Waals surface area contributed by atoms with E-state index < -0.39 is 10.0 Å². The minimum atomic E-state index is -3.67. The summed E-state index contributed by atoms with van der Waals surface area (Å²) in [5.41, 5.74) is 4.58. The average molecular weight is 529 g/mol. The highest BCUT2D eigenvalue weighted by Gasteiger charge is 2.15. The molecule has 0 saturated carbocycles. The van der Waals surface area contributed by atoms with Crippen LogP contribution in [-0.4, -0.2) is 56.1 Å². The van der Waals surface area contributed by atoms with Gasteiger partial charge in [-0.1, -0.05) is 42.5 Å². The van der Waals surface area contributed by atoms with E-state index in [1.807, 2.05) is 36.4 Å². The molecular weight excluding hydrogens is 500 g/mol. The number of nitriles is 1. The Morgan fingerprint density at radius 2 is 1.82 bits per heavy atom. The zero-order valence-electron chi connectivity index (χ0n) is 20.8. The highest BCUT2D eigenvalue weighted by Crippen LogP contribution is 2.29. The number of anilines is 2. The molecule has 0 aliphatic carbocycles. The predicted molar refractivity (Wildman–Crippen MR) is 146 cm³/mol. The summed E-state index contributed by atoms with van der Waals surface area (Å²) in [7, 11) is -3.67. The van der Waals surface area contributed by atoms with Gasteiger partial charge >= 0.3 is 0 Å². The van der Waals surface area contributed by atoms with Gasteiger partial charge in [0.25, 0.3) is 0 Å². The monoisotopic (exact) mass is 528 g/mol. The number of ether oxygens (including phenoxy) is 1. The van der Waals surface area contributed by atoms with Crippen LogP contribution in [0.3, 0.4) is 0 Å². The standard InChI is InChI=1S/C28H28N6O3S/c29-12-3-13-31-38(35,36)25-10-8-22(9-11-25)26-7-2-5-23-19-30-28(33-27(23)26)32-24-6-1-4-21(18-24)20-34-14-16-37-17-15-34/h1-2,4-11,18-19,31H,3,13-17,20H2,(H,30,32,33). The molecule has 0 unspecified atom stereocenters. The zero-order valence-corrected chi connectivity index (χ0v) is 21.6. The van der Waals surface area contributed by atoms with Gasteiger partial charge in [0.1, 0.15) is 0 Å². The van der Waals surface area contributed by atoms with E-state index in [4.69, 9.17) is 15.0 Å². The highest BCUT2D eigenvalue weighted by atomic mass is 32.2.